The van der Waals surface area contributed by atoms with Crippen LogP contribution in [0.15, 0.2) is 72.8 Å². The van der Waals surface area contributed by atoms with Gasteiger partial charge in [0, 0.05) is 31.0 Å². The Hall–Kier alpha value is -3.94. The predicted octanol–water partition coefficient (Wildman–Crippen LogP) is 3.54. The first kappa shape index (κ1) is 21.3. The number of ketones is 1. The van der Waals surface area contributed by atoms with Gasteiger partial charge in [0.25, 0.3) is 11.7 Å². The van der Waals surface area contributed by atoms with E-state index in [1.807, 2.05) is 4.57 Å². The summed E-state index contributed by atoms with van der Waals surface area (Å²) in [5.41, 5.74) is 0.676. The van der Waals surface area contributed by atoms with Gasteiger partial charge in [-0.2, -0.15) is 0 Å². The number of benzene rings is 2. The van der Waals surface area contributed by atoms with Gasteiger partial charge in [0.1, 0.15) is 17.3 Å². The van der Waals surface area contributed by atoms with E-state index in [0.29, 0.717) is 29.8 Å². The Morgan fingerprint density at radius 3 is 2.69 bits per heavy atom. The van der Waals surface area contributed by atoms with Gasteiger partial charge in [-0.25, -0.2) is 9.37 Å². The SMILES string of the molecule is COc1cccc(C(O)=C2C(=O)C(=O)N(CCCn3ccnc3)[C@@H]2c2cccc(F)c2)c1. The van der Waals surface area contributed by atoms with Crippen LogP contribution in [0, 0.1) is 5.82 Å². The van der Waals surface area contributed by atoms with Gasteiger partial charge in [-0.1, -0.05) is 24.3 Å². The molecule has 3 aromatic rings. The van der Waals surface area contributed by atoms with E-state index >= 15 is 0 Å². The number of aliphatic hydroxyl groups is 1. The summed E-state index contributed by atoms with van der Waals surface area (Å²) in [4.78, 5) is 31.3. The van der Waals surface area contributed by atoms with Gasteiger partial charge in [0.05, 0.1) is 25.1 Å². The molecule has 1 aliphatic heterocycles. The van der Waals surface area contributed by atoms with Gasteiger partial charge < -0.3 is 19.3 Å². The number of rotatable bonds is 7. The first-order valence-electron chi connectivity index (χ1n) is 10.1. The second-order valence-electron chi connectivity index (χ2n) is 7.43. The number of Topliss-reactive ketones (excluding diaryl/α,β-unsaturated/α-hetero) is 1. The molecule has 1 N–H and O–H groups in total. The third kappa shape index (κ3) is 4.12. The lowest BCUT2D eigenvalue weighted by molar-refractivity contribution is -0.139. The monoisotopic (exact) mass is 435 g/mol. The van der Waals surface area contributed by atoms with Gasteiger partial charge >= 0.3 is 0 Å². The highest BCUT2D eigenvalue weighted by Crippen LogP contribution is 2.40. The van der Waals surface area contributed by atoms with Gasteiger partial charge in [-0.05, 0) is 36.2 Å². The molecule has 1 saturated heterocycles. The zero-order valence-corrected chi connectivity index (χ0v) is 17.4. The standard InChI is InChI=1S/C24H22FN3O4/c1-32-19-8-3-6-17(14-19)22(29)20-21(16-5-2-7-18(25)13-16)28(24(31)23(20)30)11-4-10-27-12-9-26-15-27/h2-3,5-9,12-15,21,29H,4,10-11H2,1H3/t21-/m1/s1. The molecule has 8 heteroatoms. The molecule has 1 amide bonds. The first-order valence-corrected chi connectivity index (χ1v) is 10.1. The molecule has 1 atom stereocenters. The maximum Gasteiger partial charge on any atom is 0.295 e. The predicted molar refractivity (Wildman–Crippen MR) is 115 cm³/mol. The number of hydrogen-bond donors (Lipinski definition) is 1. The molecule has 1 aliphatic rings. The van der Waals surface area contributed by atoms with Gasteiger partial charge in [-0.3, -0.25) is 9.59 Å². The second kappa shape index (κ2) is 9.05. The molecule has 164 valence electrons. The van der Waals surface area contributed by atoms with E-state index in [4.69, 9.17) is 4.74 Å². The molecule has 1 fully saturated rings. The Labute approximate surface area is 184 Å². The molecule has 4 rings (SSSR count). The maximum atomic E-state index is 14.0. The number of halogens is 1. The highest BCUT2D eigenvalue weighted by Gasteiger charge is 2.45. The number of nitrogens with zero attached hydrogens (tertiary/aromatic N) is 3. The molecule has 2 heterocycles. The van der Waals surface area contributed by atoms with Crippen LogP contribution >= 0.6 is 0 Å². The smallest absolute Gasteiger partial charge is 0.295 e. The van der Waals surface area contributed by atoms with Crippen molar-refractivity contribution in [3.05, 3.63) is 89.8 Å². The Bertz CT molecular complexity index is 1170. The number of aliphatic hydroxyl groups excluding tert-OH is 1. The average Bonchev–Trinajstić information content (AvgIpc) is 3.41. The van der Waals surface area contributed by atoms with Crippen molar-refractivity contribution in [2.24, 2.45) is 0 Å². The van der Waals surface area contributed by atoms with Crippen LogP contribution in [-0.4, -0.2) is 44.9 Å². The number of carbonyl (C=O) groups excluding carboxylic acids is 2. The van der Waals surface area contributed by atoms with E-state index in [0.717, 1.165) is 0 Å². The van der Waals surface area contributed by atoms with Crippen molar-refractivity contribution in [2.75, 3.05) is 13.7 Å². The van der Waals surface area contributed by atoms with Crippen molar-refractivity contribution in [3.63, 3.8) is 0 Å². The molecule has 0 unspecified atom stereocenters. The van der Waals surface area contributed by atoms with Crippen molar-refractivity contribution in [3.8, 4) is 5.75 Å². The molecule has 0 aliphatic carbocycles. The summed E-state index contributed by atoms with van der Waals surface area (Å²) in [5, 5.41) is 11.0. The molecule has 2 aromatic carbocycles. The summed E-state index contributed by atoms with van der Waals surface area (Å²) in [6, 6.07) is 11.4. The van der Waals surface area contributed by atoms with Crippen LogP contribution in [0.1, 0.15) is 23.6 Å². The van der Waals surface area contributed by atoms with Crippen LogP contribution in [0.2, 0.25) is 0 Å². The highest BCUT2D eigenvalue weighted by atomic mass is 19.1. The second-order valence-corrected chi connectivity index (χ2v) is 7.43. The van der Waals surface area contributed by atoms with Crippen molar-refractivity contribution >= 4 is 17.4 Å². The van der Waals surface area contributed by atoms with Crippen LogP contribution < -0.4 is 4.74 Å². The van der Waals surface area contributed by atoms with Crippen LogP contribution in [0.5, 0.6) is 5.75 Å². The lowest BCUT2D eigenvalue weighted by Gasteiger charge is -2.25. The van der Waals surface area contributed by atoms with Crippen molar-refractivity contribution in [2.45, 2.75) is 19.0 Å². The van der Waals surface area contributed by atoms with E-state index in [-0.39, 0.29) is 17.9 Å². The minimum absolute atomic E-state index is 0.0727. The lowest BCUT2D eigenvalue weighted by Crippen LogP contribution is -2.31. The molecule has 7 nitrogen and oxygen atoms in total. The fourth-order valence-electron chi connectivity index (χ4n) is 3.90. The van der Waals surface area contributed by atoms with Crippen LogP contribution in [0.25, 0.3) is 5.76 Å². The van der Waals surface area contributed by atoms with E-state index < -0.39 is 23.5 Å². The summed E-state index contributed by atoms with van der Waals surface area (Å²) >= 11 is 0. The molecule has 1 aromatic heterocycles. The minimum Gasteiger partial charge on any atom is -0.507 e. The largest absolute Gasteiger partial charge is 0.507 e. The summed E-state index contributed by atoms with van der Waals surface area (Å²) in [7, 11) is 1.49. The number of likely N-dealkylation sites (tertiary alicyclic amines) is 1. The molecule has 0 saturated carbocycles. The number of ether oxygens (including phenoxy) is 1. The summed E-state index contributed by atoms with van der Waals surface area (Å²) in [5.74, 6) is -1.86. The first-order chi connectivity index (χ1) is 15.5. The molecule has 0 radical (unpaired) electrons. The Morgan fingerprint density at radius 1 is 1.16 bits per heavy atom. The fourth-order valence-corrected chi connectivity index (χ4v) is 3.90. The molecular formula is C24H22FN3O4. The molecular weight excluding hydrogens is 413 g/mol. The van der Waals surface area contributed by atoms with Gasteiger partial charge in [0.15, 0.2) is 0 Å². The van der Waals surface area contributed by atoms with Crippen molar-refractivity contribution in [1.82, 2.24) is 14.5 Å². The Kier molecular flexibility index (Phi) is 6.02. The number of aryl methyl sites for hydroxylation is 1. The Balaban J connectivity index is 1.75. The molecule has 0 spiro atoms. The third-order valence-electron chi connectivity index (χ3n) is 5.42. The third-order valence-corrected chi connectivity index (χ3v) is 5.42. The zero-order chi connectivity index (χ0) is 22.7. The normalized spacial score (nSPS) is 17.7. The summed E-state index contributed by atoms with van der Waals surface area (Å²) in [6.07, 6.45) is 5.68. The van der Waals surface area contributed by atoms with Crippen LogP contribution in [0.3, 0.4) is 0 Å². The number of methoxy groups -OCH3 is 1. The molecule has 32 heavy (non-hydrogen) atoms. The van der Waals surface area contributed by atoms with Gasteiger partial charge in [-0.15, -0.1) is 0 Å². The van der Waals surface area contributed by atoms with E-state index in [1.165, 1.54) is 30.2 Å². The van der Waals surface area contributed by atoms with E-state index in [9.17, 15) is 19.1 Å². The quantitative estimate of drug-likeness (QED) is 0.349. The van der Waals surface area contributed by atoms with Gasteiger partial charge in [0.2, 0.25) is 0 Å². The summed E-state index contributed by atoms with van der Waals surface area (Å²) in [6.45, 7) is 0.841. The number of imidazole rings is 1. The number of amides is 1. The number of carbonyl (C=O) groups is 2. The maximum absolute atomic E-state index is 14.0. The Morgan fingerprint density at radius 2 is 1.97 bits per heavy atom. The van der Waals surface area contributed by atoms with Crippen LogP contribution in [0.4, 0.5) is 4.39 Å². The number of aromatic nitrogens is 2. The highest BCUT2D eigenvalue weighted by molar-refractivity contribution is 6.46. The minimum atomic E-state index is -0.903. The van der Waals surface area contributed by atoms with Crippen molar-refractivity contribution in [1.29, 1.82) is 0 Å². The fraction of sp³-hybridized carbons (Fsp3) is 0.208. The topological polar surface area (TPSA) is 84.7 Å². The van der Waals surface area contributed by atoms with Crippen molar-refractivity contribution < 1.29 is 23.8 Å². The lowest BCUT2D eigenvalue weighted by atomic mass is 9.95. The van der Waals surface area contributed by atoms with E-state index in [1.54, 1.807) is 49.1 Å². The van der Waals surface area contributed by atoms with Crippen LogP contribution in [-0.2, 0) is 16.1 Å². The summed E-state index contributed by atoms with van der Waals surface area (Å²) < 4.78 is 21.1. The average molecular weight is 435 g/mol. The van der Waals surface area contributed by atoms with E-state index in [2.05, 4.69) is 4.98 Å². The zero-order valence-electron chi connectivity index (χ0n) is 17.4. The molecule has 0 bridgehead atoms. The number of hydrogen-bond acceptors (Lipinski definition) is 5.